The van der Waals surface area contributed by atoms with Gasteiger partial charge in [-0.2, -0.15) is 4.39 Å². The second-order valence-electron chi connectivity index (χ2n) is 9.53. The van der Waals surface area contributed by atoms with E-state index in [9.17, 15) is 13.2 Å². The first-order valence-electron chi connectivity index (χ1n) is 12.2. The predicted octanol–water partition coefficient (Wildman–Crippen LogP) is 7.00. The number of rotatable bonds is 6. The largest absolute Gasteiger partial charge is 0.469 e. The van der Waals surface area contributed by atoms with Crippen LogP contribution in [0.1, 0.15) is 23.5 Å². The number of hydrogen-bond donors (Lipinski definition) is 0. The molecule has 0 spiro atoms. The van der Waals surface area contributed by atoms with Crippen LogP contribution in [0.3, 0.4) is 0 Å². The second kappa shape index (κ2) is 9.22. The maximum absolute atomic E-state index is 15.1. The number of methoxy groups -OCH3 is 1. The predicted molar refractivity (Wildman–Crippen MR) is 147 cm³/mol. The van der Waals surface area contributed by atoms with E-state index in [-0.39, 0.29) is 27.8 Å². The Balaban J connectivity index is 1.65. The molecule has 1 aliphatic rings. The summed E-state index contributed by atoms with van der Waals surface area (Å²) in [5.74, 6) is -0.473. The molecule has 6 rings (SSSR count). The van der Waals surface area contributed by atoms with Crippen molar-refractivity contribution in [2.75, 3.05) is 7.11 Å². The summed E-state index contributed by atoms with van der Waals surface area (Å²) in [4.78, 5) is 12.2. The fourth-order valence-electron chi connectivity index (χ4n) is 5.18. The van der Waals surface area contributed by atoms with Gasteiger partial charge in [0.05, 0.1) is 29.1 Å². The number of carbonyl (C=O) groups is 1. The average molecular weight is 546 g/mol. The Bertz CT molecular complexity index is 1800. The summed E-state index contributed by atoms with van der Waals surface area (Å²) < 4.78 is 49.9. The quantitative estimate of drug-likeness (QED) is 0.216. The van der Waals surface area contributed by atoms with E-state index in [2.05, 4.69) is 0 Å². The Labute approximate surface area is 224 Å². The Morgan fingerprint density at radius 2 is 1.79 bits per heavy atom. The Morgan fingerprint density at radius 3 is 2.50 bits per heavy atom. The van der Waals surface area contributed by atoms with Crippen LogP contribution in [0.5, 0.6) is 0 Å². The third-order valence-electron chi connectivity index (χ3n) is 7.16. The van der Waals surface area contributed by atoms with Crippen LogP contribution in [-0.4, -0.2) is 25.5 Å². The molecule has 0 aliphatic heterocycles. The molecule has 0 saturated heterocycles. The first-order valence-corrected chi connectivity index (χ1v) is 14.5. The molecule has 192 valence electrons. The number of aryl methyl sites for hydroxylation is 1. The van der Waals surface area contributed by atoms with Crippen molar-refractivity contribution in [1.29, 1.82) is 0 Å². The molecule has 2 aromatic heterocycles. The van der Waals surface area contributed by atoms with Gasteiger partial charge in [0.2, 0.25) is 0 Å². The molecule has 1 aliphatic carbocycles. The summed E-state index contributed by atoms with van der Waals surface area (Å²) in [5, 5.41) is 1.92. The van der Waals surface area contributed by atoms with E-state index in [0.717, 1.165) is 22.5 Å². The van der Waals surface area contributed by atoms with Crippen LogP contribution >= 0.6 is 11.3 Å². The minimum Gasteiger partial charge on any atom is -0.469 e. The Morgan fingerprint density at radius 1 is 1.03 bits per heavy atom. The fourth-order valence-corrected chi connectivity index (χ4v) is 7.34. The molecule has 0 amide bonds. The summed E-state index contributed by atoms with van der Waals surface area (Å²) in [7, 11) is -2.69. The van der Waals surface area contributed by atoms with Crippen LogP contribution in [0.2, 0.25) is 0 Å². The monoisotopic (exact) mass is 545 g/mol. The molecule has 2 heterocycles. The summed E-state index contributed by atoms with van der Waals surface area (Å²) in [6.45, 7) is 1.90. The topological polar surface area (TPSA) is 65.4 Å². The molecule has 0 bridgehead atoms. The smallest absolute Gasteiger partial charge is 0.309 e. The number of para-hydroxylation sites is 1. The van der Waals surface area contributed by atoms with Crippen molar-refractivity contribution in [3.8, 4) is 22.4 Å². The van der Waals surface area contributed by atoms with Gasteiger partial charge in [0.15, 0.2) is 5.13 Å². The zero-order chi connectivity index (χ0) is 26.6. The highest BCUT2D eigenvalue weighted by molar-refractivity contribution is 7.90. The van der Waals surface area contributed by atoms with Crippen molar-refractivity contribution in [2.24, 2.45) is 5.92 Å². The van der Waals surface area contributed by atoms with Crippen LogP contribution in [0.15, 0.2) is 89.1 Å². The fraction of sp³-hybridized carbons (Fsp3) is 0.167. The second-order valence-corrected chi connectivity index (χ2v) is 12.2. The maximum atomic E-state index is 15.1. The number of hydrogen-bond acceptors (Lipinski definition) is 5. The van der Waals surface area contributed by atoms with E-state index in [1.807, 2.05) is 43.3 Å². The minimum absolute atomic E-state index is 0.00438. The number of nitrogens with zero attached hydrogens (tertiary/aromatic N) is 1. The highest BCUT2D eigenvalue weighted by atomic mass is 32.2. The van der Waals surface area contributed by atoms with Gasteiger partial charge in [-0.1, -0.05) is 54.1 Å². The molecule has 1 saturated carbocycles. The summed E-state index contributed by atoms with van der Waals surface area (Å²) in [6.07, 6.45) is 0.673. The molecule has 8 heteroatoms. The normalized spacial score (nSPS) is 17.0. The van der Waals surface area contributed by atoms with E-state index >= 15 is 4.39 Å². The van der Waals surface area contributed by atoms with Gasteiger partial charge < -0.3 is 4.74 Å². The van der Waals surface area contributed by atoms with Gasteiger partial charge in [-0.25, -0.2) is 12.4 Å². The Kier molecular flexibility index (Phi) is 5.96. The molecule has 5 nitrogen and oxygen atoms in total. The van der Waals surface area contributed by atoms with Gasteiger partial charge >= 0.3 is 5.97 Å². The summed E-state index contributed by atoms with van der Waals surface area (Å²) in [6, 6.07) is 23.1. The number of benzene rings is 3. The Hall–Kier alpha value is -3.75. The summed E-state index contributed by atoms with van der Waals surface area (Å²) >= 11 is 0.974. The van der Waals surface area contributed by atoms with Gasteiger partial charge in [0.25, 0.3) is 10.0 Å². The lowest BCUT2D eigenvalue weighted by Gasteiger charge is -2.15. The molecule has 0 radical (unpaired) electrons. The van der Waals surface area contributed by atoms with Crippen molar-refractivity contribution < 1.29 is 22.3 Å². The molecule has 1 unspecified atom stereocenters. The maximum Gasteiger partial charge on any atom is 0.309 e. The lowest BCUT2D eigenvalue weighted by molar-refractivity contribution is -0.142. The van der Waals surface area contributed by atoms with Gasteiger partial charge in [-0.15, -0.1) is 11.3 Å². The number of carbonyl (C=O) groups excluding carboxylic acids is 1. The zero-order valence-corrected chi connectivity index (χ0v) is 22.4. The lowest BCUT2D eigenvalue weighted by Crippen LogP contribution is -2.14. The van der Waals surface area contributed by atoms with E-state index < -0.39 is 10.0 Å². The molecular formula is C30H24FNO4S2. The van der Waals surface area contributed by atoms with Crippen LogP contribution in [-0.2, 0) is 19.6 Å². The van der Waals surface area contributed by atoms with Crippen molar-refractivity contribution in [1.82, 2.24) is 3.97 Å². The van der Waals surface area contributed by atoms with E-state index in [1.165, 1.54) is 11.1 Å². The SMILES string of the molecule is COC(=O)C1C[C@H]1c1cccc(-c2c(-c3ccsc3F)c3ccccc3n2S(=O)(=O)c2ccc(C)cc2)c1. The molecule has 38 heavy (non-hydrogen) atoms. The van der Waals surface area contributed by atoms with E-state index in [1.54, 1.807) is 47.8 Å². The minimum atomic E-state index is -4.07. The van der Waals surface area contributed by atoms with Gasteiger partial charge in [0, 0.05) is 22.1 Å². The highest BCUT2D eigenvalue weighted by Gasteiger charge is 2.45. The number of esters is 1. The lowest BCUT2D eigenvalue weighted by atomic mass is 9.98. The molecule has 2 atom stereocenters. The van der Waals surface area contributed by atoms with Crippen LogP contribution in [0.25, 0.3) is 33.3 Å². The average Bonchev–Trinajstić information content (AvgIpc) is 3.50. The standard InChI is InChI=1S/C30H24FNO4S2/c1-18-10-12-21(13-11-18)38(34,35)32-26-9-4-3-8-22(26)27(23-14-15-37-29(23)31)28(32)20-7-5-6-19(16-20)24-17-25(24)30(33)36-2/h3-16,24-25H,17H2,1-2H3/t24-,25?/m0/s1. The molecular weight excluding hydrogens is 521 g/mol. The van der Waals surface area contributed by atoms with Crippen molar-refractivity contribution in [2.45, 2.75) is 24.2 Å². The third-order valence-corrected chi connectivity index (χ3v) is 9.59. The van der Waals surface area contributed by atoms with E-state index in [4.69, 9.17) is 4.74 Å². The number of aromatic nitrogens is 1. The van der Waals surface area contributed by atoms with E-state index in [0.29, 0.717) is 39.7 Å². The van der Waals surface area contributed by atoms with Crippen molar-refractivity contribution >= 4 is 38.2 Å². The number of thiophene rings is 1. The molecule has 5 aromatic rings. The molecule has 3 aromatic carbocycles. The first kappa shape index (κ1) is 24.6. The van der Waals surface area contributed by atoms with Crippen LogP contribution in [0, 0.1) is 18.0 Å². The van der Waals surface area contributed by atoms with Gasteiger partial charge in [-0.05, 0) is 60.5 Å². The van der Waals surface area contributed by atoms with Gasteiger partial charge in [0.1, 0.15) is 0 Å². The molecule has 1 fully saturated rings. The number of halogens is 1. The number of ether oxygens (including phenoxy) is 1. The zero-order valence-electron chi connectivity index (χ0n) is 20.7. The highest BCUT2D eigenvalue weighted by Crippen LogP contribution is 2.50. The summed E-state index contributed by atoms with van der Waals surface area (Å²) in [5.41, 5.74) is 4.22. The van der Waals surface area contributed by atoms with Crippen LogP contribution < -0.4 is 0 Å². The number of fused-ring (bicyclic) bond motifs is 1. The third kappa shape index (κ3) is 3.95. The first-order chi connectivity index (χ1) is 18.3. The van der Waals surface area contributed by atoms with Gasteiger partial charge in [-0.3, -0.25) is 4.79 Å². The van der Waals surface area contributed by atoms with Crippen molar-refractivity contribution in [3.05, 3.63) is 101 Å². The van der Waals surface area contributed by atoms with Crippen molar-refractivity contribution in [3.63, 3.8) is 0 Å². The van der Waals surface area contributed by atoms with Crippen LogP contribution in [0.4, 0.5) is 4.39 Å². The molecule has 0 N–H and O–H groups in total.